The Labute approximate surface area is 102 Å². The minimum atomic E-state index is -0.560. The Morgan fingerprint density at radius 3 is 2.44 bits per heavy atom. The van der Waals surface area contributed by atoms with E-state index in [0.717, 1.165) is 0 Å². The van der Waals surface area contributed by atoms with Gasteiger partial charge in [-0.25, -0.2) is 4.79 Å². The van der Waals surface area contributed by atoms with E-state index in [2.05, 4.69) is 0 Å². The van der Waals surface area contributed by atoms with Gasteiger partial charge in [0.1, 0.15) is 17.1 Å². The van der Waals surface area contributed by atoms with Gasteiger partial charge in [0.15, 0.2) is 0 Å². The molecule has 2 rings (SSSR count). The summed E-state index contributed by atoms with van der Waals surface area (Å²) in [5.41, 5.74) is 0.266. The van der Waals surface area contributed by atoms with Crippen molar-refractivity contribution in [3.05, 3.63) is 58.0 Å². The molecule has 0 spiro atoms. The predicted molar refractivity (Wildman–Crippen MR) is 61.5 cm³/mol. The topological polar surface area (TPSA) is 82.6 Å². The van der Waals surface area contributed by atoms with Gasteiger partial charge in [-0.05, 0) is 25.1 Å². The van der Waals surface area contributed by atoms with Crippen molar-refractivity contribution in [1.29, 1.82) is 0 Å². The second-order valence-electron chi connectivity index (χ2n) is 3.53. The SMILES string of the molecule is Cc1occc1C(=O)Oc1ccc([N+](=O)[O-])cc1. The molecule has 0 fully saturated rings. The number of carbonyl (C=O) groups excluding carboxylic acids is 1. The molecule has 0 bridgehead atoms. The van der Waals surface area contributed by atoms with Gasteiger partial charge in [-0.1, -0.05) is 0 Å². The summed E-state index contributed by atoms with van der Waals surface area (Å²) < 4.78 is 10.0. The third kappa shape index (κ3) is 2.37. The van der Waals surface area contributed by atoms with Crippen LogP contribution >= 0.6 is 0 Å². The molecule has 1 heterocycles. The van der Waals surface area contributed by atoms with Gasteiger partial charge in [0.05, 0.1) is 11.2 Å². The van der Waals surface area contributed by atoms with Crippen LogP contribution < -0.4 is 4.74 Å². The molecule has 0 N–H and O–H groups in total. The van der Waals surface area contributed by atoms with E-state index in [0.29, 0.717) is 11.3 Å². The number of esters is 1. The summed E-state index contributed by atoms with van der Waals surface area (Å²) in [6.07, 6.45) is 1.39. The standard InChI is InChI=1S/C12H9NO5/c1-8-11(6-7-17-8)12(14)18-10-4-2-9(3-5-10)13(15)16/h2-7H,1H3. The average molecular weight is 247 g/mol. The van der Waals surface area contributed by atoms with Crippen molar-refractivity contribution < 1.29 is 18.9 Å². The summed E-state index contributed by atoms with van der Waals surface area (Å²) in [6.45, 7) is 1.65. The van der Waals surface area contributed by atoms with Crippen molar-refractivity contribution >= 4 is 11.7 Å². The van der Waals surface area contributed by atoms with E-state index in [9.17, 15) is 14.9 Å². The molecule has 0 aliphatic carbocycles. The van der Waals surface area contributed by atoms with Crippen molar-refractivity contribution in [1.82, 2.24) is 0 Å². The lowest BCUT2D eigenvalue weighted by atomic mass is 10.2. The minimum absolute atomic E-state index is 0.0608. The summed E-state index contributed by atoms with van der Waals surface area (Å²) in [7, 11) is 0. The normalized spacial score (nSPS) is 10.1. The molecule has 2 aromatic rings. The summed E-state index contributed by atoms with van der Waals surface area (Å²) in [5, 5.41) is 10.5. The third-order valence-electron chi connectivity index (χ3n) is 2.34. The first kappa shape index (κ1) is 11.8. The number of hydrogen-bond donors (Lipinski definition) is 0. The molecule has 92 valence electrons. The molecule has 0 radical (unpaired) electrons. The van der Waals surface area contributed by atoms with E-state index in [1.165, 1.54) is 36.6 Å². The van der Waals surface area contributed by atoms with E-state index < -0.39 is 10.9 Å². The molecule has 0 atom stereocenters. The molecule has 1 aromatic carbocycles. The van der Waals surface area contributed by atoms with Crippen LogP contribution in [0.3, 0.4) is 0 Å². The Morgan fingerprint density at radius 2 is 1.94 bits per heavy atom. The van der Waals surface area contributed by atoms with Gasteiger partial charge in [-0.3, -0.25) is 10.1 Å². The van der Waals surface area contributed by atoms with Crippen LogP contribution in [0.15, 0.2) is 41.0 Å². The van der Waals surface area contributed by atoms with Crippen LogP contribution in [0.2, 0.25) is 0 Å². The fraction of sp³-hybridized carbons (Fsp3) is 0.0833. The Kier molecular flexibility index (Phi) is 3.09. The predicted octanol–water partition coefficient (Wildman–Crippen LogP) is 2.72. The van der Waals surface area contributed by atoms with Crippen LogP contribution in [0, 0.1) is 17.0 Å². The fourth-order valence-corrected chi connectivity index (χ4v) is 1.39. The van der Waals surface area contributed by atoms with Crippen molar-refractivity contribution in [2.45, 2.75) is 6.92 Å². The molecule has 0 amide bonds. The lowest BCUT2D eigenvalue weighted by molar-refractivity contribution is -0.384. The smallest absolute Gasteiger partial charge is 0.347 e. The number of carbonyl (C=O) groups is 1. The highest BCUT2D eigenvalue weighted by atomic mass is 16.6. The summed E-state index contributed by atoms with van der Waals surface area (Å²) in [5.74, 6) is 0.142. The van der Waals surface area contributed by atoms with Gasteiger partial charge in [0.25, 0.3) is 5.69 Å². The Hall–Kier alpha value is -2.63. The molecule has 0 aliphatic rings. The highest BCUT2D eigenvalue weighted by Gasteiger charge is 2.14. The molecule has 6 nitrogen and oxygen atoms in total. The summed E-state index contributed by atoms with van der Waals surface area (Å²) in [4.78, 5) is 21.6. The van der Waals surface area contributed by atoms with Crippen molar-refractivity contribution in [2.75, 3.05) is 0 Å². The van der Waals surface area contributed by atoms with Gasteiger partial charge in [-0.2, -0.15) is 0 Å². The van der Waals surface area contributed by atoms with E-state index in [-0.39, 0.29) is 11.4 Å². The molecule has 6 heteroatoms. The van der Waals surface area contributed by atoms with Crippen molar-refractivity contribution in [3.63, 3.8) is 0 Å². The van der Waals surface area contributed by atoms with Gasteiger partial charge in [0, 0.05) is 12.1 Å². The maximum Gasteiger partial charge on any atom is 0.347 e. The Morgan fingerprint density at radius 1 is 1.28 bits per heavy atom. The second kappa shape index (κ2) is 4.70. The first-order chi connectivity index (χ1) is 8.58. The monoisotopic (exact) mass is 247 g/mol. The van der Waals surface area contributed by atoms with E-state index in [1.807, 2.05) is 0 Å². The number of nitrogens with zero attached hydrogens (tertiary/aromatic N) is 1. The van der Waals surface area contributed by atoms with Crippen LogP contribution in [-0.4, -0.2) is 10.9 Å². The highest BCUT2D eigenvalue weighted by Crippen LogP contribution is 2.19. The van der Waals surface area contributed by atoms with Crippen LogP contribution in [0.5, 0.6) is 5.75 Å². The zero-order valence-corrected chi connectivity index (χ0v) is 9.45. The quantitative estimate of drug-likeness (QED) is 0.360. The minimum Gasteiger partial charge on any atom is -0.469 e. The maximum absolute atomic E-state index is 11.7. The lowest BCUT2D eigenvalue weighted by Crippen LogP contribution is -2.08. The van der Waals surface area contributed by atoms with E-state index in [4.69, 9.17) is 9.15 Å². The fourth-order valence-electron chi connectivity index (χ4n) is 1.39. The summed E-state index contributed by atoms with van der Waals surface area (Å²) in [6, 6.07) is 6.77. The first-order valence-electron chi connectivity index (χ1n) is 5.08. The van der Waals surface area contributed by atoms with Gasteiger partial charge in [-0.15, -0.1) is 0 Å². The third-order valence-corrected chi connectivity index (χ3v) is 2.34. The second-order valence-corrected chi connectivity index (χ2v) is 3.53. The van der Waals surface area contributed by atoms with Gasteiger partial charge >= 0.3 is 5.97 Å². The number of non-ortho nitro benzene ring substituents is 1. The van der Waals surface area contributed by atoms with Gasteiger partial charge < -0.3 is 9.15 Å². The number of rotatable bonds is 3. The molecular formula is C12H9NO5. The lowest BCUT2D eigenvalue weighted by Gasteiger charge is -2.02. The summed E-state index contributed by atoms with van der Waals surface area (Å²) >= 11 is 0. The zero-order chi connectivity index (χ0) is 13.1. The molecule has 1 aromatic heterocycles. The number of nitro benzene ring substituents is 1. The molecular weight excluding hydrogens is 238 g/mol. The van der Waals surface area contributed by atoms with E-state index in [1.54, 1.807) is 6.92 Å². The molecule has 0 saturated carbocycles. The Balaban J connectivity index is 2.13. The number of hydrogen-bond acceptors (Lipinski definition) is 5. The van der Waals surface area contributed by atoms with Gasteiger partial charge in [0.2, 0.25) is 0 Å². The molecule has 0 unspecified atom stereocenters. The molecule has 18 heavy (non-hydrogen) atoms. The maximum atomic E-state index is 11.7. The van der Waals surface area contributed by atoms with Crippen LogP contribution in [0.4, 0.5) is 5.69 Å². The zero-order valence-electron chi connectivity index (χ0n) is 9.45. The van der Waals surface area contributed by atoms with Crippen LogP contribution in [0.25, 0.3) is 0 Å². The molecule has 0 aliphatic heterocycles. The van der Waals surface area contributed by atoms with Crippen molar-refractivity contribution in [2.24, 2.45) is 0 Å². The van der Waals surface area contributed by atoms with Crippen molar-refractivity contribution in [3.8, 4) is 5.75 Å². The molecule has 0 saturated heterocycles. The van der Waals surface area contributed by atoms with E-state index >= 15 is 0 Å². The number of benzene rings is 1. The number of aryl methyl sites for hydroxylation is 1. The number of ether oxygens (including phenoxy) is 1. The highest BCUT2D eigenvalue weighted by molar-refractivity contribution is 5.91. The number of furan rings is 1. The average Bonchev–Trinajstić information content (AvgIpc) is 2.76. The number of nitro groups is 1. The first-order valence-corrected chi connectivity index (χ1v) is 5.08. The Bertz CT molecular complexity index is 585. The largest absolute Gasteiger partial charge is 0.469 e. The van der Waals surface area contributed by atoms with Crippen LogP contribution in [-0.2, 0) is 0 Å². The van der Waals surface area contributed by atoms with Crippen LogP contribution in [0.1, 0.15) is 16.1 Å².